The molecular formula is C41H64Cl2N4O5. The van der Waals surface area contributed by atoms with E-state index in [4.69, 9.17) is 37.8 Å². The summed E-state index contributed by atoms with van der Waals surface area (Å²) in [5.74, 6) is 2.35. The van der Waals surface area contributed by atoms with Gasteiger partial charge in [0.2, 0.25) is 0 Å². The van der Waals surface area contributed by atoms with Crippen molar-refractivity contribution in [1.29, 1.82) is 0 Å². The molecule has 2 aliphatic carbocycles. The lowest BCUT2D eigenvalue weighted by molar-refractivity contribution is 0.0266. The van der Waals surface area contributed by atoms with Gasteiger partial charge in [-0.05, 0) is 121 Å². The molecule has 2 saturated carbocycles. The number of halogens is 2. The summed E-state index contributed by atoms with van der Waals surface area (Å²) in [5.41, 5.74) is 1.48. The van der Waals surface area contributed by atoms with Gasteiger partial charge in [0.25, 0.3) is 0 Å². The van der Waals surface area contributed by atoms with E-state index in [1.165, 1.54) is 5.56 Å². The summed E-state index contributed by atoms with van der Waals surface area (Å²) in [5, 5.41) is 12.3. The van der Waals surface area contributed by atoms with Gasteiger partial charge in [-0.15, -0.1) is 0 Å². The van der Waals surface area contributed by atoms with Gasteiger partial charge in [-0.3, -0.25) is 4.90 Å². The van der Waals surface area contributed by atoms with E-state index in [1.807, 2.05) is 87.7 Å². The molecule has 4 fully saturated rings. The monoisotopic (exact) mass is 762 g/mol. The molecule has 292 valence electrons. The highest BCUT2D eigenvalue weighted by molar-refractivity contribution is 6.31. The van der Waals surface area contributed by atoms with E-state index in [1.54, 1.807) is 0 Å². The third-order valence-electron chi connectivity index (χ3n) is 10.3. The van der Waals surface area contributed by atoms with Crippen LogP contribution >= 0.6 is 23.2 Å². The first kappa shape index (κ1) is 43.8. The zero-order valence-electron chi connectivity index (χ0n) is 31.8. The Hall–Kier alpha value is -2.56. The number of aliphatic hydroxyl groups is 1. The van der Waals surface area contributed by atoms with E-state index in [2.05, 4.69) is 29.4 Å². The highest BCUT2D eigenvalue weighted by Gasteiger charge is 2.45. The molecule has 4 aliphatic rings. The molecule has 52 heavy (non-hydrogen) atoms. The van der Waals surface area contributed by atoms with Gasteiger partial charge in [0.15, 0.2) is 0 Å². The van der Waals surface area contributed by atoms with Crippen molar-refractivity contribution in [2.24, 2.45) is 23.7 Å². The van der Waals surface area contributed by atoms with E-state index in [0.29, 0.717) is 35.8 Å². The molecule has 9 nitrogen and oxygen atoms in total. The predicted octanol–water partition coefficient (Wildman–Crippen LogP) is 8.74. The number of aliphatic hydroxyl groups excluding tert-OH is 1. The summed E-state index contributed by atoms with van der Waals surface area (Å²) in [6, 6.07) is 17.1. The summed E-state index contributed by atoms with van der Waals surface area (Å²) in [6.45, 7) is 16.5. The maximum Gasteiger partial charge on any atom is 0.410 e. The second kappa shape index (κ2) is 19.2. The van der Waals surface area contributed by atoms with Crippen LogP contribution in [0.1, 0.15) is 85.8 Å². The standard InChI is InChI=1S/C20H29ClN2O2.C19H27ClN2O2.CH4O.CH4/c1-20(2,3)25-19(24)23-12-15-9-17(10-16(15)13-23)22(4)11-14-7-5-6-8-18(14)21;1-19(2,3)24-18(23)22-11-14-8-16(9-15(14)12-22)21-10-13-6-4-5-7-17(13)20;1-2;/h5-8,15-17H,9-13H2,1-4H3;4-7,14-16,21H,8-12H2,1-3H3;2H,1H3;1H4/t15-,16+,17?;14-,15+,16?;;. The van der Waals surface area contributed by atoms with Crippen LogP contribution in [0.5, 0.6) is 0 Å². The van der Waals surface area contributed by atoms with Gasteiger partial charge in [0.1, 0.15) is 11.2 Å². The van der Waals surface area contributed by atoms with E-state index in [9.17, 15) is 9.59 Å². The molecule has 6 rings (SSSR count). The molecule has 2 unspecified atom stereocenters. The van der Waals surface area contributed by atoms with E-state index < -0.39 is 11.2 Å². The third kappa shape index (κ3) is 12.5. The topological polar surface area (TPSA) is 94.6 Å². The van der Waals surface area contributed by atoms with E-state index in [0.717, 1.165) is 87.7 Å². The first-order valence-electron chi connectivity index (χ1n) is 18.4. The number of ether oxygens (including phenoxy) is 2. The predicted molar refractivity (Wildman–Crippen MR) is 212 cm³/mol. The Morgan fingerprint density at radius 2 is 1.12 bits per heavy atom. The van der Waals surface area contributed by atoms with Gasteiger partial charge in [0, 0.05) is 68.5 Å². The van der Waals surface area contributed by atoms with Crippen molar-refractivity contribution in [3.63, 3.8) is 0 Å². The lowest BCUT2D eigenvalue weighted by Gasteiger charge is -2.28. The summed E-state index contributed by atoms with van der Waals surface area (Å²) in [7, 11) is 3.18. The van der Waals surface area contributed by atoms with Crippen LogP contribution in [0.25, 0.3) is 0 Å². The van der Waals surface area contributed by atoms with Crippen LogP contribution in [-0.2, 0) is 22.6 Å². The lowest BCUT2D eigenvalue weighted by Crippen LogP contribution is -2.37. The smallest absolute Gasteiger partial charge is 0.410 e. The van der Waals surface area contributed by atoms with Gasteiger partial charge in [-0.2, -0.15) is 0 Å². The van der Waals surface area contributed by atoms with Crippen LogP contribution in [0, 0.1) is 23.7 Å². The molecule has 2 N–H and O–H groups in total. The molecule has 0 spiro atoms. The molecule has 2 aliphatic heterocycles. The molecule has 2 saturated heterocycles. The number of carbonyl (C=O) groups is 2. The normalized spacial score (nSPS) is 24.9. The van der Waals surface area contributed by atoms with Crippen molar-refractivity contribution in [2.45, 2.75) is 111 Å². The Morgan fingerprint density at radius 1 is 0.731 bits per heavy atom. The van der Waals surface area contributed by atoms with Crippen molar-refractivity contribution in [3.8, 4) is 0 Å². The fraction of sp³-hybridized carbons (Fsp3) is 0.659. The third-order valence-corrected chi connectivity index (χ3v) is 11.1. The molecule has 6 atom stereocenters. The highest BCUT2D eigenvalue weighted by atomic mass is 35.5. The number of fused-ring (bicyclic) bond motifs is 2. The van der Waals surface area contributed by atoms with Crippen LogP contribution in [0.4, 0.5) is 9.59 Å². The lowest BCUT2D eigenvalue weighted by atomic mass is 10.0. The highest BCUT2D eigenvalue weighted by Crippen LogP contribution is 2.41. The Kier molecular flexibility index (Phi) is 16.1. The summed E-state index contributed by atoms with van der Waals surface area (Å²) < 4.78 is 11.0. The number of hydrogen-bond acceptors (Lipinski definition) is 7. The maximum atomic E-state index is 12.3. The van der Waals surface area contributed by atoms with Crippen LogP contribution in [0.3, 0.4) is 0 Å². The molecule has 0 radical (unpaired) electrons. The summed E-state index contributed by atoms with van der Waals surface area (Å²) in [4.78, 5) is 30.6. The molecule has 0 bridgehead atoms. The number of rotatable bonds is 6. The second-order valence-electron chi connectivity index (χ2n) is 16.6. The van der Waals surface area contributed by atoms with Crippen molar-refractivity contribution in [3.05, 3.63) is 69.7 Å². The number of hydrogen-bond donors (Lipinski definition) is 2. The number of nitrogens with one attached hydrogen (secondary N) is 1. The van der Waals surface area contributed by atoms with Crippen LogP contribution in [0.15, 0.2) is 48.5 Å². The van der Waals surface area contributed by atoms with Gasteiger partial charge >= 0.3 is 12.2 Å². The van der Waals surface area contributed by atoms with Gasteiger partial charge in [0.05, 0.1) is 0 Å². The quantitative estimate of drug-likeness (QED) is 0.304. The van der Waals surface area contributed by atoms with Crippen molar-refractivity contribution >= 4 is 35.4 Å². The van der Waals surface area contributed by atoms with Crippen LogP contribution in [0.2, 0.25) is 10.0 Å². The molecule has 2 amide bonds. The minimum absolute atomic E-state index is 0. The Morgan fingerprint density at radius 3 is 1.52 bits per heavy atom. The molecule has 11 heteroatoms. The fourth-order valence-corrected chi connectivity index (χ4v) is 8.36. The Bertz CT molecular complexity index is 1420. The second-order valence-corrected chi connectivity index (χ2v) is 17.4. The molecule has 2 aromatic rings. The number of amides is 2. The number of likely N-dealkylation sites (tertiary alicyclic amines) is 2. The van der Waals surface area contributed by atoms with Crippen LogP contribution < -0.4 is 5.32 Å². The SMILES string of the molecule is C.CC(C)(C)OC(=O)N1C[C@H]2CC(NCc3ccccc3Cl)C[C@H]2C1.CN(Cc1ccccc1Cl)C1C[C@@H]2CN(C(=O)OC(C)(C)C)C[C@@H]2C1.CO. The minimum atomic E-state index is -0.424. The average Bonchev–Trinajstić information content (AvgIpc) is 3.82. The van der Waals surface area contributed by atoms with Crippen molar-refractivity contribution in [2.75, 3.05) is 40.3 Å². The number of nitrogens with zero attached hydrogens (tertiary/aromatic N) is 3. The number of carbonyl (C=O) groups excluding carboxylic acids is 2. The largest absolute Gasteiger partial charge is 0.444 e. The maximum absolute atomic E-state index is 12.3. The zero-order valence-corrected chi connectivity index (χ0v) is 33.3. The average molecular weight is 764 g/mol. The van der Waals surface area contributed by atoms with Crippen molar-refractivity contribution in [1.82, 2.24) is 20.0 Å². The summed E-state index contributed by atoms with van der Waals surface area (Å²) >= 11 is 12.5. The number of benzene rings is 2. The first-order chi connectivity index (χ1) is 24.0. The van der Waals surface area contributed by atoms with E-state index >= 15 is 0 Å². The fourth-order valence-electron chi connectivity index (χ4n) is 7.97. The zero-order chi connectivity index (χ0) is 37.5. The van der Waals surface area contributed by atoms with Gasteiger partial charge in [-0.25, -0.2) is 9.59 Å². The van der Waals surface area contributed by atoms with Crippen molar-refractivity contribution < 1.29 is 24.2 Å². The minimum Gasteiger partial charge on any atom is -0.444 e. The summed E-state index contributed by atoms with van der Waals surface area (Å²) in [6.07, 6.45) is 4.19. The molecular weight excluding hydrogens is 699 g/mol. The molecule has 0 aromatic heterocycles. The Balaban J connectivity index is 0.000000263. The Labute approximate surface area is 323 Å². The molecule has 2 aromatic carbocycles. The van der Waals surface area contributed by atoms with Gasteiger partial charge in [-0.1, -0.05) is 67.0 Å². The molecule has 2 heterocycles. The van der Waals surface area contributed by atoms with Crippen LogP contribution in [-0.4, -0.2) is 95.6 Å². The van der Waals surface area contributed by atoms with E-state index in [-0.39, 0.29) is 19.6 Å². The van der Waals surface area contributed by atoms with Gasteiger partial charge < -0.3 is 29.7 Å². The first-order valence-corrected chi connectivity index (χ1v) is 19.1.